The Balaban J connectivity index is 1.26. The highest BCUT2D eigenvalue weighted by Gasteiger charge is 2.47. The molecule has 1 aliphatic heterocycles. The molecular weight excluding hydrogens is 414 g/mol. The van der Waals surface area contributed by atoms with Gasteiger partial charge in [-0.25, -0.2) is 8.42 Å². The molecule has 6 nitrogen and oxygen atoms in total. The summed E-state index contributed by atoms with van der Waals surface area (Å²) < 4.78 is 31.4. The number of allylic oxidation sites excluding steroid dienone is 2. The van der Waals surface area contributed by atoms with Crippen molar-refractivity contribution in [2.24, 2.45) is 11.8 Å². The van der Waals surface area contributed by atoms with E-state index in [1.807, 2.05) is 36.4 Å². The molecule has 1 saturated heterocycles. The van der Waals surface area contributed by atoms with Gasteiger partial charge in [-0.1, -0.05) is 24.3 Å². The number of piperidine rings is 1. The third-order valence-corrected chi connectivity index (χ3v) is 8.36. The summed E-state index contributed by atoms with van der Waals surface area (Å²) in [4.78, 5) is 22.9. The number of benzene rings is 1. The number of rotatable bonds is 11. The first kappa shape index (κ1) is 22.1. The van der Waals surface area contributed by atoms with Crippen molar-refractivity contribution in [1.82, 2.24) is 5.32 Å². The molecule has 2 aliphatic carbocycles. The number of hydrogen-bond donors (Lipinski definition) is 1. The maximum atomic E-state index is 12.8. The van der Waals surface area contributed by atoms with Crippen LogP contribution >= 0.6 is 0 Å². The normalized spacial score (nSPS) is 23.0. The molecule has 0 radical (unpaired) electrons. The summed E-state index contributed by atoms with van der Waals surface area (Å²) in [5.74, 6) is 1.16. The van der Waals surface area contributed by atoms with Crippen LogP contribution in [0, 0.1) is 11.8 Å². The van der Waals surface area contributed by atoms with E-state index in [1.54, 1.807) is 0 Å². The molecule has 2 amide bonds. The van der Waals surface area contributed by atoms with Crippen LogP contribution in [0.5, 0.6) is 5.75 Å². The molecule has 1 heterocycles. The lowest BCUT2D eigenvalue weighted by Gasteiger charge is -2.19. The van der Waals surface area contributed by atoms with Crippen molar-refractivity contribution in [3.8, 4) is 5.75 Å². The zero-order valence-corrected chi connectivity index (χ0v) is 18.7. The number of nitrogens with one attached hydrogen (secondary N) is 1. The first-order valence-electron chi connectivity index (χ1n) is 11.3. The third kappa shape index (κ3) is 6.19. The Bertz CT molecular complexity index is 960. The predicted molar refractivity (Wildman–Crippen MR) is 118 cm³/mol. The van der Waals surface area contributed by atoms with E-state index in [-0.39, 0.29) is 34.7 Å². The summed E-state index contributed by atoms with van der Waals surface area (Å²) >= 11 is 0. The number of amides is 2. The molecule has 1 unspecified atom stereocenters. The van der Waals surface area contributed by atoms with E-state index in [2.05, 4.69) is 5.32 Å². The van der Waals surface area contributed by atoms with Crippen LogP contribution in [0.3, 0.4) is 0 Å². The molecule has 31 heavy (non-hydrogen) atoms. The van der Waals surface area contributed by atoms with E-state index in [9.17, 15) is 18.0 Å². The Morgan fingerprint density at radius 1 is 1.13 bits per heavy atom. The smallest absolute Gasteiger partial charge is 0.229 e. The van der Waals surface area contributed by atoms with Gasteiger partial charge in [0.05, 0.1) is 18.1 Å². The van der Waals surface area contributed by atoms with Crippen LogP contribution in [0.1, 0.15) is 56.9 Å². The summed E-state index contributed by atoms with van der Waals surface area (Å²) in [6.45, 7) is 0.750. The van der Waals surface area contributed by atoms with Gasteiger partial charge in [-0.3, -0.25) is 14.9 Å². The average Bonchev–Trinajstić information content (AvgIpc) is 3.64. The molecule has 3 fully saturated rings. The van der Waals surface area contributed by atoms with E-state index in [4.69, 9.17) is 4.74 Å². The number of ether oxygens (including phenoxy) is 1. The first-order chi connectivity index (χ1) is 14.9. The number of hydrogen-bond acceptors (Lipinski definition) is 5. The number of sulfone groups is 1. The lowest BCUT2D eigenvalue weighted by atomic mass is 9.95. The molecule has 2 saturated carbocycles. The van der Waals surface area contributed by atoms with Gasteiger partial charge in [-0.05, 0) is 68.6 Å². The number of carbonyl (C=O) groups excluding carboxylic acids is 2. The van der Waals surface area contributed by atoms with Gasteiger partial charge < -0.3 is 4.74 Å². The highest BCUT2D eigenvalue weighted by Crippen LogP contribution is 2.50. The Hall–Kier alpha value is -2.15. The van der Waals surface area contributed by atoms with Crippen molar-refractivity contribution in [3.63, 3.8) is 0 Å². The molecule has 168 valence electrons. The van der Waals surface area contributed by atoms with Crippen molar-refractivity contribution in [1.29, 1.82) is 0 Å². The molecule has 7 heteroatoms. The van der Waals surface area contributed by atoms with Gasteiger partial charge in [-0.15, -0.1) is 0 Å². The number of imide groups is 1. The first-order valence-corrected chi connectivity index (χ1v) is 13.1. The maximum absolute atomic E-state index is 12.8. The van der Waals surface area contributed by atoms with Crippen LogP contribution in [0.2, 0.25) is 0 Å². The Morgan fingerprint density at radius 2 is 1.94 bits per heavy atom. The quantitative estimate of drug-likeness (QED) is 0.417. The van der Waals surface area contributed by atoms with Gasteiger partial charge in [0.25, 0.3) is 0 Å². The minimum absolute atomic E-state index is 0.110. The molecule has 1 N–H and O–H groups in total. The van der Waals surface area contributed by atoms with E-state index in [0.29, 0.717) is 31.6 Å². The van der Waals surface area contributed by atoms with Crippen LogP contribution in [0.15, 0.2) is 36.4 Å². The van der Waals surface area contributed by atoms with Crippen LogP contribution < -0.4 is 10.1 Å². The van der Waals surface area contributed by atoms with E-state index < -0.39 is 9.84 Å². The highest BCUT2D eigenvalue weighted by atomic mass is 32.2. The van der Waals surface area contributed by atoms with Gasteiger partial charge in [0.15, 0.2) is 9.84 Å². The second kappa shape index (κ2) is 9.15. The molecule has 1 atom stereocenters. The monoisotopic (exact) mass is 445 g/mol. The molecule has 1 aromatic rings. The predicted octanol–water partition coefficient (Wildman–Crippen LogP) is 3.31. The van der Waals surface area contributed by atoms with Gasteiger partial charge in [-0.2, -0.15) is 0 Å². The fraction of sp³-hybridized carbons (Fsp3) is 0.583. The molecular formula is C24H31NO5S. The fourth-order valence-corrected chi connectivity index (χ4v) is 6.10. The summed E-state index contributed by atoms with van der Waals surface area (Å²) in [6, 6.07) is 7.95. The van der Waals surface area contributed by atoms with Crippen LogP contribution in [-0.4, -0.2) is 38.3 Å². The summed E-state index contributed by atoms with van der Waals surface area (Å²) in [7, 11) is -3.19. The van der Waals surface area contributed by atoms with Crippen molar-refractivity contribution in [2.45, 2.75) is 56.8 Å². The molecule has 1 aromatic carbocycles. The standard InChI is InChI=1S/C24H31NO5S/c26-22-11-10-19(23(27)25-22)5-2-1-3-14-31(28,29)17-24(12-13-24)20-6-4-7-21(15-20)30-16-18-8-9-18/h1-2,4,6-7,15,18-19H,3,5,8-14,16-17H2,(H,25,26,27)/b2-1+. The van der Waals surface area contributed by atoms with Gasteiger partial charge in [0, 0.05) is 17.8 Å². The Labute approximate surface area is 184 Å². The molecule has 4 rings (SSSR count). The summed E-state index contributed by atoms with van der Waals surface area (Å²) in [5, 5.41) is 2.35. The fourth-order valence-electron chi connectivity index (χ4n) is 4.16. The van der Waals surface area contributed by atoms with Crippen LogP contribution in [0.4, 0.5) is 0 Å². The van der Waals surface area contributed by atoms with Crippen molar-refractivity contribution in [2.75, 3.05) is 18.1 Å². The van der Waals surface area contributed by atoms with E-state index in [0.717, 1.165) is 30.8 Å². The Morgan fingerprint density at radius 3 is 2.65 bits per heavy atom. The lowest BCUT2D eigenvalue weighted by molar-refractivity contribution is -0.136. The molecule has 0 aromatic heterocycles. The second-order valence-electron chi connectivity index (χ2n) is 9.30. The summed E-state index contributed by atoms with van der Waals surface area (Å²) in [5.41, 5.74) is 0.798. The largest absolute Gasteiger partial charge is 0.493 e. The lowest BCUT2D eigenvalue weighted by Crippen LogP contribution is -2.40. The van der Waals surface area contributed by atoms with Crippen LogP contribution in [0.25, 0.3) is 0 Å². The Kier molecular flexibility index (Phi) is 6.51. The van der Waals surface area contributed by atoms with Gasteiger partial charge in [0.2, 0.25) is 11.8 Å². The topological polar surface area (TPSA) is 89.5 Å². The van der Waals surface area contributed by atoms with Crippen molar-refractivity contribution < 1.29 is 22.7 Å². The molecule has 3 aliphatic rings. The van der Waals surface area contributed by atoms with E-state index in [1.165, 1.54) is 12.8 Å². The van der Waals surface area contributed by atoms with Gasteiger partial charge in [0.1, 0.15) is 5.75 Å². The zero-order chi connectivity index (χ0) is 21.9. The minimum Gasteiger partial charge on any atom is -0.493 e. The molecule has 0 bridgehead atoms. The zero-order valence-electron chi connectivity index (χ0n) is 17.8. The van der Waals surface area contributed by atoms with Crippen molar-refractivity contribution >= 4 is 21.7 Å². The number of carbonyl (C=O) groups is 2. The van der Waals surface area contributed by atoms with Crippen molar-refractivity contribution in [3.05, 3.63) is 42.0 Å². The maximum Gasteiger partial charge on any atom is 0.229 e. The molecule has 0 spiro atoms. The minimum atomic E-state index is -3.19. The second-order valence-corrected chi connectivity index (χ2v) is 11.5. The summed E-state index contributed by atoms with van der Waals surface area (Å²) in [6.07, 6.45) is 9.87. The van der Waals surface area contributed by atoms with E-state index >= 15 is 0 Å². The van der Waals surface area contributed by atoms with Crippen LogP contribution in [-0.2, 0) is 24.8 Å². The third-order valence-electron chi connectivity index (χ3n) is 6.51. The average molecular weight is 446 g/mol. The SMILES string of the molecule is O=C1CCC(C/C=C/CCS(=O)(=O)CC2(c3cccc(OCC4CC4)c3)CC2)C(=O)N1. The highest BCUT2D eigenvalue weighted by molar-refractivity contribution is 7.91. The van der Waals surface area contributed by atoms with Gasteiger partial charge >= 0.3 is 0 Å².